The Kier molecular flexibility index (Phi) is 5.12. The number of nitrogen functional groups attached to an aromatic ring is 1. The molecule has 2 aromatic carbocycles. The number of aryl methyl sites for hydroxylation is 2. The molecule has 3 rings (SSSR count). The van der Waals surface area contributed by atoms with Crippen molar-refractivity contribution in [2.75, 3.05) is 24.4 Å². The van der Waals surface area contributed by atoms with Gasteiger partial charge in [0.15, 0.2) is 11.0 Å². The Hall–Kier alpha value is -3.35. The highest BCUT2D eigenvalue weighted by molar-refractivity contribution is 6.42. The normalized spacial score (nSPS) is 11.6. The van der Waals surface area contributed by atoms with Crippen LogP contribution in [0.5, 0.6) is 0 Å². The highest BCUT2D eigenvalue weighted by atomic mass is 16.5. The number of carbonyl (C=O) groups is 1. The van der Waals surface area contributed by atoms with Crippen molar-refractivity contribution in [3.8, 4) is 0 Å². The molecule has 140 valence electrons. The third-order valence-electron chi connectivity index (χ3n) is 4.44. The van der Waals surface area contributed by atoms with Crippen LogP contribution in [0.1, 0.15) is 12.7 Å². The Morgan fingerprint density at radius 2 is 1.89 bits per heavy atom. The maximum Gasteiger partial charge on any atom is 0.367 e. The molecule has 7 heteroatoms. The van der Waals surface area contributed by atoms with Crippen molar-refractivity contribution < 1.29 is 14.1 Å². The number of hydrogen-bond donors (Lipinski definition) is 1. The number of benzene rings is 2. The summed E-state index contributed by atoms with van der Waals surface area (Å²) in [6.45, 7) is 2.05. The number of aromatic nitrogens is 2. The van der Waals surface area contributed by atoms with Crippen molar-refractivity contribution in [2.24, 2.45) is 19.2 Å². The number of ether oxygens (including phenoxy) is 1. The van der Waals surface area contributed by atoms with Crippen molar-refractivity contribution in [3.05, 3.63) is 54.4 Å². The molecule has 0 atom stereocenters. The summed E-state index contributed by atoms with van der Waals surface area (Å²) >= 11 is 0. The van der Waals surface area contributed by atoms with Gasteiger partial charge in [0, 0.05) is 12.7 Å². The molecular weight excluding hydrogens is 342 g/mol. The van der Waals surface area contributed by atoms with Crippen LogP contribution in [0.25, 0.3) is 11.0 Å². The van der Waals surface area contributed by atoms with E-state index in [1.165, 1.54) is 0 Å². The monoisotopic (exact) mass is 366 g/mol. The lowest BCUT2D eigenvalue weighted by atomic mass is 10.3. The molecule has 0 radical (unpaired) electrons. The number of fused-ring (bicyclic) bond motifs is 1. The van der Waals surface area contributed by atoms with Crippen LogP contribution >= 0.6 is 0 Å². The van der Waals surface area contributed by atoms with Gasteiger partial charge in [-0.1, -0.05) is 12.1 Å². The van der Waals surface area contributed by atoms with Gasteiger partial charge in [0.1, 0.15) is 0 Å². The van der Waals surface area contributed by atoms with Crippen LogP contribution < -0.4 is 15.3 Å². The van der Waals surface area contributed by atoms with Gasteiger partial charge in [-0.2, -0.15) is 5.10 Å². The predicted molar refractivity (Wildman–Crippen MR) is 107 cm³/mol. The summed E-state index contributed by atoms with van der Waals surface area (Å²) < 4.78 is 9.17. The molecule has 0 bridgehead atoms. The maximum atomic E-state index is 12.7. The third-order valence-corrected chi connectivity index (χ3v) is 4.44. The quantitative estimate of drug-likeness (QED) is 0.246. The van der Waals surface area contributed by atoms with Crippen molar-refractivity contribution in [2.45, 2.75) is 6.92 Å². The zero-order valence-electron chi connectivity index (χ0n) is 16.0. The molecule has 1 aromatic heterocycles. The highest BCUT2D eigenvalue weighted by Gasteiger charge is 2.31. The second-order valence-corrected chi connectivity index (χ2v) is 6.21. The van der Waals surface area contributed by atoms with E-state index in [0.29, 0.717) is 11.5 Å². The summed E-state index contributed by atoms with van der Waals surface area (Å²) in [5, 5.41) is 6.22. The molecule has 0 aliphatic heterocycles. The Bertz CT molecular complexity index is 966. The lowest BCUT2D eigenvalue weighted by Crippen LogP contribution is -2.40. The molecule has 7 nitrogen and oxygen atoms in total. The molecule has 2 N–H and O–H groups in total. The third kappa shape index (κ3) is 3.48. The lowest BCUT2D eigenvalue weighted by molar-refractivity contribution is -0.646. The second-order valence-electron chi connectivity index (χ2n) is 6.21. The van der Waals surface area contributed by atoms with Gasteiger partial charge in [0.25, 0.3) is 5.71 Å². The minimum Gasteiger partial charge on any atom is -0.461 e. The van der Waals surface area contributed by atoms with E-state index in [9.17, 15) is 4.79 Å². The highest BCUT2D eigenvalue weighted by Crippen LogP contribution is 2.17. The van der Waals surface area contributed by atoms with E-state index in [2.05, 4.69) is 5.10 Å². The van der Waals surface area contributed by atoms with Crippen LogP contribution in [0, 0.1) is 0 Å². The molecule has 27 heavy (non-hydrogen) atoms. The minimum atomic E-state index is -0.471. The van der Waals surface area contributed by atoms with Gasteiger partial charge in [-0.15, -0.1) is 0 Å². The zero-order chi connectivity index (χ0) is 19.6. The number of hydrogen-bond acceptors (Lipinski definition) is 5. The average Bonchev–Trinajstić information content (AvgIpc) is 2.91. The van der Waals surface area contributed by atoms with Crippen LogP contribution in [0.2, 0.25) is 0 Å². The van der Waals surface area contributed by atoms with E-state index in [4.69, 9.17) is 10.5 Å². The molecular formula is C20H24N5O2+. The molecule has 0 fully saturated rings. The fraction of sp³-hybridized carbons (Fsp3) is 0.250. The van der Waals surface area contributed by atoms with Crippen LogP contribution in [-0.2, 0) is 23.6 Å². The molecule has 0 aliphatic carbocycles. The smallest absolute Gasteiger partial charge is 0.367 e. The Morgan fingerprint density at radius 1 is 1.22 bits per heavy atom. The van der Waals surface area contributed by atoms with Gasteiger partial charge >= 0.3 is 11.8 Å². The molecule has 0 unspecified atom stereocenters. The standard InChI is InChI=1S/C20H24N5O2/c1-5-27-20(26)18(22-25(4)15-12-10-14(21)11-13-15)19-23(2)16-8-6-7-9-17(16)24(19)3/h6-13H,5,21H2,1-4H3/q+1. The SMILES string of the molecule is CCOC(=O)/C(=N\N(C)c1ccc(N)cc1)c1n(C)c2ccccc2[n+]1C. The summed E-state index contributed by atoms with van der Waals surface area (Å²) in [7, 11) is 5.61. The van der Waals surface area contributed by atoms with Gasteiger partial charge in [0.05, 0.1) is 26.4 Å². The molecule has 0 aliphatic rings. The van der Waals surface area contributed by atoms with Crippen LogP contribution in [0.3, 0.4) is 0 Å². The molecule has 0 amide bonds. The van der Waals surface area contributed by atoms with Crippen molar-refractivity contribution >= 4 is 34.1 Å². The Morgan fingerprint density at radius 3 is 2.52 bits per heavy atom. The number of imidazole rings is 1. The topological polar surface area (TPSA) is 76.7 Å². The van der Waals surface area contributed by atoms with E-state index in [-0.39, 0.29) is 12.3 Å². The van der Waals surface area contributed by atoms with Gasteiger partial charge in [-0.05, 0) is 43.3 Å². The van der Waals surface area contributed by atoms with Crippen LogP contribution in [0.4, 0.5) is 11.4 Å². The van der Waals surface area contributed by atoms with E-state index >= 15 is 0 Å². The largest absolute Gasteiger partial charge is 0.461 e. The van der Waals surface area contributed by atoms with E-state index < -0.39 is 5.97 Å². The first-order valence-electron chi connectivity index (χ1n) is 8.72. The fourth-order valence-corrected chi connectivity index (χ4v) is 3.08. The minimum absolute atomic E-state index is 0.234. The van der Waals surface area contributed by atoms with E-state index in [1.807, 2.05) is 59.6 Å². The molecule has 0 saturated carbocycles. The Balaban J connectivity index is 2.15. The summed E-state index contributed by atoms with van der Waals surface area (Å²) in [4.78, 5) is 12.7. The van der Waals surface area contributed by atoms with Crippen LogP contribution in [-0.4, -0.2) is 29.9 Å². The Labute approximate surface area is 158 Å². The number of nitrogens with two attached hydrogens (primary N) is 1. The second kappa shape index (κ2) is 7.49. The maximum absolute atomic E-state index is 12.7. The number of para-hydroxylation sites is 2. The fourth-order valence-electron chi connectivity index (χ4n) is 3.08. The summed E-state index contributed by atoms with van der Waals surface area (Å²) in [5.74, 6) is 0.193. The van der Waals surface area contributed by atoms with Crippen molar-refractivity contribution in [1.82, 2.24) is 4.57 Å². The molecule has 0 spiro atoms. The number of carbonyl (C=O) groups excluding carboxylic acids is 1. The van der Waals surface area contributed by atoms with Gasteiger partial charge in [0.2, 0.25) is 0 Å². The first kappa shape index (κ1) is 18.4. The molecule has 1 heterocycles. The van der Waals surface area contributed by atoms with Crippen molar-refractivity contribution in [1.29, 1.82) is 0 Å². The number of nitrogens with zero attached hydrogens (tertiary/aromatic N) is 4. The average molecular weight is 366 g/mol. The van der Waals surface area contributed by atoms with E-state index in [1.54, 1.807) is 31.1 Å². The predicted octanol–water partition coefficient (Wildman–Crippen LogP) is 1.99. The number of hydrazone groups is 1. The number of esters is 1. The van der Waals surface area contributed by atoms with Crippen molar-refractivity contribution in [3.63, 3.8) is 0 Å². The molecule has 0 saturated heterocycles. The first-order chi connectivity index (χ1) is 12.9. The van der Waals surface area contributed by atoms with Crippen LogP contribution in [0.15, 0.2) is 53.6 Å². The zero-order valence-corrected chi connectivity index (χ0v) is 16.0. The van der Waals surface area contributed by atoms with Gasteiger partial charge in [-0.25, -0.2) is 13.9 Å². The summed E-state index contributed by atoms with van der Waals surface area (Å²) in [6.07, 6.45) is 0. The van der Waals surface area contributed by atoms with Gasteiger partial charge < -0.3 is 10.5 Å². The molecule has 3 aromatic rings. The van der Waals surface area contributed by atoms with Gasteiger partial charge in [-0.3, -0.25) is 5.01 Å². The number of rotatable bonds is 5. The summed E-state index contributed by atoms with van der Waals surface area (Å²) in [5.41, 5.74) is 9.47. The lowest BCUT2D eigenvalue weighted by Gasteiger charge is -2.14. The summed E-state index contributed by atoms with van der Waals surface area (Å²) in [6, 6.07) is 15.2. The first-order valence-corrected chi connectivity index (χ1v) is 8.72. The van der Waals surface area contributed by atoms with E-state index in [0.717, 1.165) is 16.7 Å². The number of anilines is 2.